The fourth-order valence-corrected chi connectivity index (χ4v) is 2.32. The van der Waals surface area contributed by atoms with Gasteiger partial charge in [-0.3, -0.25) is 30.6 Å². The predicted molar refractivity (Wildman–Crippen MR) is 104 cm³/mol. The first-order chi connectivity index (χ1) is 13.9. The van der Waals surface area contributed by atoms with Gasteiger partial charge in [-0.2, -0.15) is 0 Å². The molecular weight excluding hydrogens is 382 g/mol. The zero-order chi connectivity index (χ0) is 21.4. The summed E-state index contributed by atoms with van der Waals surface area (Å²) in [5.41, 5.74) is 5.01. The lowest BCUT2D eigenvalue weighted by atomic mass is 10.1. The highest BCUT2D eigenvalue weighted by Gasteiger charge is 2.11. The molecule has 2 aromatic carbocycles. The lowest BCUT2D eigenvalue weighted by molar-refractivity contribution is -0.384. The molecule has 0 radical (unpaired) electrons. The molecule has 0 saturated heterocycles. The van der Waals surface area contributed by atoms with Gasteiger partial charge in [0.15, 0.2) is 11.5 Å². The molecule has 0 atom stereocenters. The molecular formula is C19H19N3O7. The number of nitrogens with zero attached hydrogens (tertiary/aromatic N) is 1. The zero-order valence-electron chi connectivity index (χ0n) is 15.9. The van der Waals surface area contributed by atoms with Crippen LogP contribution in [0.25, 0.3) is 6.08 Å². The van der Waals surface area contributed by atoms with Gasteiger partial charge < -0.3 is 14.2 Å². The molecule has 0 aromatic heterocycles. The summed E-state index contributed by atoms with van der Waals surface area (Å²) in [7, 11) is 4.45. The largest absolute Gasteiger partial charge is 0.496 e. The number of nitro benzene ring substituents is 1. The van der Waals surface area contributed by atoms with E-state index in [0.29, 0.717) is 22.8 Å². The Morgan fingerprint density at radius 1 is 0.931 bits per heavy atom. The van der Waals surface area contributed by atoms with E-state index < -0.39 is 16.7 Å². The van der Waals surface area contributed by atoms with Crippen molar-refractivity contribution in [3.05, 3.63) is 63.7 Å². The number of hydrazine groups is 1. The van der Waals surface area contributed by atoms with Gasteiger partial charge in [0.25, 0.3) is 17.5 Å². The van der Waals surface area contributed by atoms with E-state index in [1.54, 1.807) is 12.1 Å². The maximum atomic E-state index is 12.0. The molecule has 0 aliphatic carbocycles. The van der Waals surface area contributed by atoms with Gasteiger partial charge in [-0.05, 0) is 24.3 Å². The molecule has 2 rings (SSSR count). The summed E-state index contributed by atoms with van der Waals surface area (Å²) in [6, 6.07) is 8.21. The van der Waals surface area contributed by atoms with E-state index in [1.807, 2.05) is 0 Å². The summed E-state index contributed by atoms with van der Waals surface area (Å²) in [5.74, 6) is 0.171. The normalized spacial score (nSPS) is 10.3. The van der Waals surface area contributed by atoms with Crippen LogP contribution in [0.15, 0.2) is 42.5 Å². The van der Waals surface area contributed by atoms with Gasteiger partial charge in [-0.25, -0.2) is 0 Å². The van der Waals surface area contributed by atoms with Crippen molar-refractivity contribution in [2.45, 2.75) is 0 Å². The molecule has 0 spiro atoms. The molecule has 0 unspecified atom stereocenters. The van der Waals surface area contributed by atoms with E-state index in [9.17, 15) is 19.7 Å². The number of non-ortho nitro benzene ring substituents is 1. The first kappa shape index (κ1) is 21.2. The number of hydrogen-bond donors (Lipinski definition) is 2. The summed E-state index contributed by atoms with van der Waals surface area (Å²) >= 11 is 0. The van der Waals surface area contributed by atoms with Crippen LogP contribution >= 0.6 is 0 Å². The van der Waals surface area contributed by atoms with Crippen LogP contribution in [-0.2, 0) is 4.79 Å². The highest BCUT2D eigenvalue weighted by molar-refractivity contribution is 5.98. The smallest absolute Gasteiger partial charge is 0.269 e. The Morgan fingerprint density at radius 3 is 2.07 bits per heavy atom. The summed E-state index contributed by atoms with van der Waals surface area (Å²) < 4.78 is 15.7. The van der Waals surface area contributed by atoms with E-state index >= 15 is 0 Å². The number of ether oxygens (including phenoxy) is 3. The summed E-state index contributed by atoms with van der Waals surface area (Å²) in [6.07, 6.45) is 2.67. The Kier molecular flexibility index (Phi) is 7.13. The third kappa shape index (κ3) is 5.45. The minimum Gasteiger partial charge on any atom is -0.496 e. The minimum atomic E-state index is -0.620. The van der Waals surface area contributed by atoms with Crippen molar-refractivity contribution in [3.63, 3.8) is 0 Å². The molecule has 10 nitrogen and oxygen atoms in total. The number of benzene rings is 2. The number of nitrogens with one attached hydrogen (secondary N) is 2. The summed E-state index contributed by atoms with van der Waals surface area (Å²) in [5, 5.41) is 10.6. The van der Waals surface area contributed by atoms with Gasteiger partial charge in [0.2, 0.25) is 0 Å². The first-order valence-electron chi connectivity index (χ1n) is 8.22. The topological polar surface area (TPSA) is 129 Å². The van der Waals surface area contributed by atoms with Crippen LogP contribution in [0.2, 0.25) is 0 Å². The van der Waals surface area contributed by atoms with E-state index in [1.165, 1.54) is 57.7 Å². The van der Waals surface area contributed by atoms with Gasteiger partial charge >= 0.3 is 0 Å². The van der Waals surface area contributed by atoms with Gasteiger partial charge in [-0.1, -0.05) is 0 Å². The third-order valence-electron chi connectivity index (χ3n) is 3.79. The zero-order valence-corrected chi connectivity index (χ0v) is 15.9. The minimum absolute atomic E-state index is 0.141. The molecule has 0 bridgehead atoms. The van der Waals surface area contributed by atoms with Crippen molar-refractivity contribution in [2.24, 2.45) is 0 Å². The lowest BCUT2D eigenvalue weighted by Crippen LogP contribution is -2.40. The Bertz CT molecular complexity index is 940. The molecule has 0 aliphatic rings. The second kappa shape index (κ2) is 9.74. The van der Waals surface area contributed by atoms with Crippen LogP contribution in [0.3, 0.4) is 0 Å². The van der Waals surface area contributed by atoms with Crippen molar-refractivity contribution < 1.29 is 28.7 Å². The van der Waals surface area contributed by atoms with Gasteiger partial charge in [0, 0.05) is 35.4 Å². The fraction of sp³-hybridized carbons (Fsp3) is 0.158. The van der Waals surface area contributed by atoms with Crippen molar-refractivity contribution in [1.29, 1.82) is 0 Å². The second-order valence-corrected chi connectivity index (χ2v) is 5.53. The van der Waals surface area contributed by atoms with Crippen LogP contribution in [0.1, 0.15) is 15.9 Å². The second-order valence-electron chi connectivity index (χ2n) is 5.53. The molecule has 152 valence electrons. The van der Waals surface area contributed by atoms with E-state index in [2.05, 4.69) is 10.9 Å². The number of methoxy groups -OCH3 is 3. The molecule has 0 heterocycles. The standard InChI is InChI=1S/C19H19N3O7/c1-27-15-11-17(29-3)16(28-2)10-13(15)6-9-18(23)20-21-19(24)12-4-7-14(8-5-12)22(25)26/h4-11H,1-3H3,(H,20,23)(H,21,24)/b9-6+. The number of amides is 2. The van der Waals surface area contributed by atoms with Gasteiger partial charge in [0.1, 0.15) is 5.75 Å². The van der Waals surface area contributed by atoms with E-state index in [4.69, 9.17) is 14.2 Å². The molecule has 29 heavy (non-hydrogen) atoms. The fourth-order valence-electron chi connectivity index (χ4n) is 2.32. The first-order valence-corrected chi connectivity index (χ1v) is 8.22. The Labute approximate surface area is 166 Å². The summed E-state index contributed by atoms with van der Waals surface area (Å²) in [6.45, 7) is 0. The summed E-state index contributed by atoms with van der Waals surface area (Å²) in [4.78, 5) is 34.0. The molecule has 2 N–H and O–H groups in total. The molecule has 0 aliphatic heterocycles. The Hall–Kier alpha value is -4.08. The molecule has 0 saturated carbocycles. The van der Waals surface area contributed by atoms with Crippen LogP contribution in [-0.4, -0.2) is 38.1 Å². The molecule has 2 aromatic rings. The number of carbonyl (C=O) groups is 2. The average molecular weight is 401 g/mol. The molecule has 0 fully saturated rings. The van der Waals surface area contributed by atoms with Crippen molar-refractivity contribution in [2.75, 3.05) is 21.3 Å². The Balaban J connectivity index is 2.02. The van der Waals surface area contributed by atoms with Crippen LogP contribution < -0.4 is 25.1 Å². The number of carbonyl (C=O) groups excluding carboxylic acids is 2. The predicted octanol–water partition coefficient (Wildman–Crippen LogP) is 2.09. The average Bonchev–Trinajstić information content (AvgIpc) is 2.75. The molecule has 2 amide bonds. The van der Waals surface area contributed by atoms with E-state index in [0.717, 1.165) is 0 Å². The maximum Gasteiger partial charge on any atom is 0.269 e. The maximum absolute atomic E-state index is 12.0. The number of hydrogen-bond acceptors (Lipinski definition) is 7. The van der Waals surface area contributed by atoms with Gasteiger partial charge in [-0.15, -0.1) is 0 Å². The number of rotatable bonds is 7. The number of nitro groups is 1. The van der Waals surface area contributed by atoms with Crippen molar-refractivity contribution in [1.82, 2.24) is 10.9 Å². The highest BCUT2D eigenvalue weighted by Crippen LogP contribution is 2.35. The lowest BCUT2D eigenvalue weighted by Gasteiger charge is -2.12. The van der Waals surface area contributed by atoms with Crippen molar-refractivity contribution >= 4 is 23.6 Å². The van der Waals surface area contributed by atoms with Crippen LogP contribution in [0.5, 0.6) is 17.2 Å². The highest BCUT2D eigenvalue weighted by atomic mass is 16.6. The SMILES string of the molecule is COc1cc(OC)c(OC)cc1/C=C/C(=O)NNC(=O)c1ccc([N+](=O)[O-])cc1. The van der Waals surface area contributed by atoms with Crippen molar-refractivity contribution in [3.8, 4) is 17.2 Å². The quantitative estimate of drug-likeness (QED) is 0.413. The Morgan fingerprint density at radius 2 is 1.52 bits per heavy atom. The van der Waals surface area contributed by atoms with Crippen LogP contribution in [0, 0.1) is 10.1 Å². The third-order valence-corrected chi connectivity index (χ3v) is 3.79. The monoisotopic (exact) mass is 401 g/mol. The van der Waals surface area contributed by atoms with Crippen LogP contribution in [0.4, 0.5) is 5.69 Å². The molecule has 10 heteroatoms. The van der Waals surface area contributed by atoms with Gasteiger partial charge in [0.05, 0.1) is 26.3 Å². The van der Waals surface area contributed by atoms with E-state index in [-0.39, 0.29) is 11.3 Å².